The third-order valence-electron chi connectivity index (χ3n) is 4.64. The van der Waals surface area contributed by atoms with Crippen molar-refractivity contribution in [3.05, 3.63) is 42.7 Å². The van der Waals surface area contributed by atoms with Gasteiger partial charge in [0.1, 0.15) is 5.82 Å². The van der Waals surface area contributed by atoms with E-state index < -0.39 is 10.0 Å². The van der Waals surface area contributed by atoms with Crippen LogP contribution in [0.25, 0.3) is 0 Å². The van der Waals surface area contributed by atoms with E-state index in [0.29, 0.717) is 30.5 Å². The number of carbonyl (C=O) groups excluding carboxylic acids is 1. The Hall–Kier alpha value is -2.17. The quantitative estimate of drug-likeness (QED) is 0.506. The minimum atomic E-state index is -3.47. The van der Waals surface area contributed by atoms with Crippen molar-refractivity contribution >= 4 is 33.4 Å². The first kappa shape index (κ1) is 21.5. The maximum Gasteiger partial charge on any atom is 0.243 e. The van der Waals surface area contributed by atoms with Crippen molar-refractivity contribution in [2.75, 3.05) is 24.2 Å². The van der Waals surface area contributed by atoms with Gasteiger partial charge in [-0.15, -0.1) is 16.8 Å². The minimum absolute atomic E-state index is 0.170. The molecule has 29 heavy (non-hydrogen) atoms. The third kappa shape index (κ3) is 5.26. The summed E-state index contributed by atoms with van der Waals surface area (Å²) in [5.41, 5.74) is 0.553. The maximum absolute atomic E-state index is 12.7. The Labute approximate surface area is 175 Å². The molecule has 2 heterocycles. The normalized spacial score (nSPS) is 15.2. The molecule has 3 rings (SSSR count). The smallest absolute Gasteiger partial charge is 0.243 e. The summed E-state index contributed by atoms with van der Waals surface area (Å²) in [6.07, 6.45) is 4.61. The summed E-state index contributed by atoms with van der Waals surface area (Å²) >= 11 is 1.29. The van der Waals surface area contributed by atoms with Crippen LogP contribution in [0.4, 0.5) is 5.69 Å². The highest BCUT2D eigenvalue weighted by Gasteiger charge is 2.25. The lowest BCUT2D eigenvalue weighted by Crippen LogP contribution is -2.35. The number of sulfonamides is 1. The van der Waals surface area contributed by atoms with Crippen LogP contribution in [0.2, 0.25) is 0 Å². The minimum Gasteiger partial charge on any atom is -0.325 e. The predicted octanol–water partition coefficient (Wildman–Crippen LogP) is 2.68. The summed E-state index contributed by atoms with van der Waals surface area (Å²) < 4.78 is 28.8. The van der Waals surface area contributed by atoms with Gasteiger partial charge in [0.15, 0.2) is 5.16 Å². The van der Waals surface area contributed by atoms with Crippen molar-refractivity contribution in [3.8, 4) is 0 Å². The second-order valence-corrected chi connectivity index (χ2v) is 9.64. The number of piperidine rings is 1. The van der Waals surface area contributed by atoms with Crippen LogP contribution in [-0.4, -0.2) is 52.2 Å². The average Bonchev–Trinajstić information content (AvgIpc) is 3.07. The lowest BCUT2D eigenvalue weighted by molar-refractivity contribution is -0.113. The Morgan fingerprint density at radius 1 is 1.21 bits per heavy atom. The topological polar surface area (TPSA) is 97.2 Å². The molecule has 0 saturated carbocycles. The summed E-state index contributed by atoms with van der Waals surface area (Å²) in [7, 11) is -3.47. The van der Waals surface area contributed by atoms with Gasteiger partial charge in [0.05, 0.1) is 10.6 Å². The molecule has 0 bridgehead atoms. The van der Waals surface area contributed by atoms with E-state index in [0.717, 1.165) is 25.1 Å². The van der Waals surface area contributed by atoms with E-state index in [4.69, 9.17) is 0 Å². The van der Waals surface area contributed by atoms with E-state index in [1.807, 2.05) is 11.5 Å². The molecule has 1 aliphatic rings. The van der Waals surface area contributed by atoms with Gasteiger partial charge in [-0.25, -0.2) is 8.42 Å². The average molecular weight is 436 g/mol. The molecule has 1 amide bonds. The number of nitrogens with one attached hydrogen (secondary N) is 1. The number of nitrogens with zero attached hydrogens (tertiary/aromatic N) is 4. The van der Waals surface area contributed by atoms with Gasteiger partial charge >= 0.3 is 0 Å². The number of carbonyl (C=O) groups is 1. The molecule has 1 fully saturated rings. The number of aromatic nitrogens is 3. The number of allylic oxidation sites excluding steroid dienone is 1. The molecule has 0 spiro atoms. The largest absolute Gasteiger partial charge is 0.325 e. The van der Waals surface area contributed by atoms with Crippen LogP contribution in [-0.2, 0) is 21.4 Å². The van der Waals surface area contributed by atoms with E-state index in [2.05, 4.69) is 22.1 Å². The molecule has 0 unspecified atom stereocenters. The molecule has 2 aromatic rings. The van der Waals surface area contributed by atoms with Crippen molar-refractivity contribution < 1.29 is 13.2 Å². The van der Waals surface area contributed by atoms with Crippen LogP contribution in [0.5, 0.6) is 0 Å². The van der Waals surface area contributed by atoms with E-state index >= 15 is 0 Å². The molecule has 1 N–H and O–H groups in total. The summed E-state index contributed by atoms with van der Waals surface area (Å²) in [5, 5.41) is 11.5. The number of benzene rings is 1. The van der Waals surface area contributed by atoms with Crippen LogP contribution in [0.1, 0.15) is 25.1 Å². The molecular weight excluding hydrogens is 410 g/mol. The summed E-state index contributed by atoms with van der Waals surface area (Å²) in [6.45, 7) is 7.27. The summed E-state index contributed by atoms with van der Waals surface area (Å²) in [5.74, 6) is 0.731. The Balaban J connectivity index is 1.58. The zero-order chi connectivity index (χ0) is 20.9. The zero-order valence-corrected chi connectivity index (χ0v) is 18.0. The standard InChI is InChI=1S/C19H25N5O3S2/c1-3-11-24-15(2)21-22-19(24)28-14-18(25)20-16-7-9-17(10-8-16)29(26,27)23-12-5-4-6-13-23/h3,7-10H,1,4-6,11-14H2,2H3,(H,20,25). The van der Waals surface area contributed by atoms with Crippen molar-refractivity contribution in [2.24, 2.45) is 0 Å². The van der Waals surface area contributed by atoms with Crippen LogP contribution in [0.3, 0.4) is 0 Å². The Morgan fingerprint density at radius 2 is 1.90 bits per heavy atom. The van der Waals surface area contributed by atoms with Gasteiger partial charge in [-0.3, -0.25) is 4.79 Å². The highest BCUT2D eigenvalue weighted by atomic mass is 32.2. The van der Waals surface area contributed by atoms with Crippen LogP contribution >= 0.6 is 11.8 Å². The number of aryl methyl sites for hydroxylation is 1. The molecule has 1 aromatic heterocycles. The molecule has 8 nitrogen and oxygen atoms in total. The maximum atomic E-state index is 12.7. The van der Waals surface area contributed by atoms with Crippen molar-refractivity contribution in [2.45, 2.75) is 42.8 Å². The van der Waals surface area contributed by atoms with Gasteiger partial charge in [0.25, 0.3) is 0 Å². The Bertz CT molecular complexity index is 964. The number of thioether (sulfide) groups is 1. The fourth-order valence-electron chi connectivity index (χ4n) is 3.10. The zero-order valence-electron chi connectivity index (χ0n) is 16.4. The monoisotopic (exact) mass is 435 g/mol. The first-order chi connectivity index (χ1) is 13.9. The summed E-state index contributed by atoms with van der Waals surface area (Å²) in [4.78, 5) is 12.5. The van der Waals surface area contributed by atoms with E-state index in [9.17, 15) is 13.2 Å². The molecule has 0 aliphatic carbocycles. The first-order valence-electron chi connectivity index (χ1n) is 9.45. The van der Waals surface area contributed by atoms with E-state index in [-0.39, 0.29) is 16.6 Å². The highest BCUT2D eigenvalue weighted by molar-refractivity contribution is 7.99. The number of rotatable bonds is 8. The number of amides is 1. The first-order valence-corrected chi connectivity index (χ1v) is 11.9. The van der Waals surface area contributed by atoms with Gasteiger partial charge in [-0.1, -0.05) is 24.3 Å². The number of hydrogen-bond acceptors (Lipinski definition) is 6. The van der Waals surface area contributed by atoms with Crippen molar-refractivity contribution in [1.82, 2.24) is 19.1 Å². The van der Waals surface area contributed by atoms with Gasteiger partial charge < -0.3 is 9.88 Å². The van der Waals surface area contributed by atoms with Gasteiger partial charge in [-0.05, 0) is 44.0 Å². The second kappa shape index (κ2) is 9.55. The van der Waals surface area contributed by atoms with E-state index in [1.165, 1.54) is 28.2 Å². The fourth-order valence-corrected chi connectivity index (χ4v) is 5.41. The van der Waals surface area contributed by atoms with Crippen molar-refractivity contribution in [1.29, 1.82) is 0 Å². The predicted molar refractivity (Wildman–Crippen MR) is 113 cm³/mol. The lowest BCUT2D eigenvalue weighted by Gasteiger charge is -2.25. The molecule has 1 aromatic carbocycles. The molecule has 0 radical (unpaired) electrons. The second-order valence-electron chi connectivity index (χ2n) is 6.76. The molecule has 0 atom stereocenters. The van der Waals surface area contributed by atoms with Gasteiger partial charge in [0.2, 0.25) is 15.9 Å². The molecule has 10 heteroatoms. The third-order valence-corrected chi connectivity index (χ3v) is 7.52. The Kier molecular flexibility index (Phi) is 7.09. The molecular formula is C19H25N5O3S2. The van der Waals surface area contributed by atoms with E-state index in [1.54, 1.807) is 18.2 Å². The van der Waals surface area contributed by atoms with Gasteiger partial charge in [0, 0.05) is 25.3 Å². The highest BCUT2D eigenvalue weighted by Crippen LogP contribution is 2.22. The SMILES string of the molecule is C=CCn1c(C)nnc1SCC(=O)Nc1ccc(S(=O)(=O)N2CCCCC2)cc1. The van der Waals surface area contributed by atoms with Gasteiger partial charge in [-0.2, -0.15) is 4.31 Å². The number of anilines is 1. The van der Waals surface area contributed by atoms with Crippen molar-refractivity contribution in [3.63, 3.8) is 0 Å². The molecule has 1 saturated heterocycles. The van der Waals surface area contributed by atoms with Crippen LogP contribution in [0.15, 0.2) is 47.0 Å². The molecule has 156 valence electrons. The fraction of sp³-hybridized carbons (Fsp3) is 0.421. The molecule has 1 aliphatic heterocycles. The van der Waals surface area contributed by atoms with Crippen LogP contribution in [0, 0.1) is 6.92 Å². The Morgan fingerprint density at radius 3 is 2.55 bits per heavy atom. The summed E-state index contributed by atoms with van der Waals surface area (Å²) in [6, 6.07) is 6.31. The van der Waals surface area contributed by atoms with Crippen LogP contribution < -0.4 is 5.32 Å². The number of hydrogen-bond donors (Lipinski definition) is 1. The lowest BCUT2D eigenvalue weighted by atomic mass is 10.2.